The average molecular weight is 420 g/mol. The third-order valence-electron chi connectivity index (χ3n) is 6.45. The largest absolute Gasteiger partial charge is 0.454 e. The van der Waals surface area contributed by atoms with Gasteiger partial charge < -0.3 is 19.0 Å². The molecule has 5 rings (SSSR count). The first-order valence-corrected chi connectivity index (χ1v) is 10.7. The summed E-state index contributed by atoms with van der Waals surface area (Å²) in [6.07, 6.45) is 2.18. The number of rotatable bonds is 3. The molecule has 0 N–H and O–H groups in total. The van der Waals surface area contributed by atoms with Crippen molar-refractivity contribution in [3.63, 3.8) is 0 Å². The Kier molecular flexibility index (Phi) is 4.88. The molecule has 9 heteroatoms. The first-order chi connectivity index (χ1) is 14.0. The number of carbonyl (C=O) groups excluding carboxylic acids is 1. The highest BCUT2D eigenvalue weighted by Gasteiger charge is 2.45. The van der Waals surface area contributed by atoms with Crippen LogP contribution in [-0.4, -0.2) is 78.2 Å². The van der Waals surface area contributed by atoms with Gasteiger partial charge in [0.1, 0.15) is 11.3 Å². The Balaban J connectivity index is 1.27. The van der Waals surface area contributed by atoms with Gasteiger partial charge >= 0.3 is 0 Å². The van der Waals surface area contributed by atoms with Crippen LogP contribution in [0.5, 0.6) is 0 Å². The predicted octanol–water partition coefficient (Wildman–Crippen LogP) is 2.16. The molecular formula is C20H26ClN5O3. The molecule has 1 amide bonds. The lowest BCUT2D eigenvalue weighted by Gasteiger charge is -2.53. The minimum absolute atomic E-state index is 0.189. The highest BCUT2D eigenvalue weighted by molar-refractivity contribution is 6.28. The van der Waals surface area contributed by atoms with Crippen LogP contribution in [0, 0.1) is 5.41 Å². The summed E-state index contributed by atoms with van der Waals surface area (Å²) in [6, 6.07) is 1.98. The molecule has 8 nitrogen and oxygen atoms in total. The number of hydrogen-bond acceptors (Lipinski definition) is 7. The number of halogens is 1. The lowest BCUT2D eigenvalue weighted by molar-refractivity contribution is -0.134. The van der Waals surface area contributed by atoms with Crippen molar-refractivity contribution in [3.8, 4) is 0 Å². The van der Waals surface area contributed by atoms with Gasteiger partial charge in [-0.05, 0) is 29.9 Å². The Bertz CT molecular complexity index is 910. The minimum Gasteiger partial charge on any atom is -0.454 e. The van der Waals surface area contributed by atoms with E-state index in [0.717, 1.165) is 75.7 Å². The summed E-state index contributed by atoms with van der Waals surface area (Å²) in [6.45, 7) is 9.17. The van der Waals surface area contributed by atoms with Crippen LogP contribution in [0.2, 0.25) is 5.28 Å². The maximum Gasteiger partial charge on any atom is 0.225 e. The molecule has 3 aliphatic rings. The molecule has 2 aromatic rings. The summed E-state index contributed by atoms with van der Waals surface area (Å²) in [5.74, 6) is 1.84. The van der Waals surface area contributed by atoms with Crippen molar-refractivity contribution in [2.24, 2.45) is 5.41 Å². The van der Waals surface area contributed by atoms with Crippen LogP contribution in [0.15, 0.2) is 10.5 Å². The van der Waals surface area contributed by atoms with Crippen molar-refractivity contribution < 1.29 is 13.9 Å². The predicted molar refractivity (Wildman–Crippen MR) is 109 cm³/mol. The summed E-state index contributed by atoms with van der Waals surface area (Å²) in [5.41, 5.74) is 1.82. The zero-order valence-electron chi connectivity index (χ0n) is 16.7. The summed E-state index contributed by atoms with van der Waals surface area (Å²) >= 11 is 6.17. The van der Waals surface area contributed by atoms with Crippen molar-refractivity contribution in [3.05, 3.63) is 17.1 Å². The molecule has 1 spiro atoms. The van der Waals surface area contributed by atoms with Crippen LogP contribution in [0.4, 0.5) is 5.82 Å². The number of carbonyl (C=O) groups is 1. The van der Waals surface area contributed by atoms with Crippen molar-refractivity contribution in [2.75, 3.05) is 57.4 Å². The van der Waals surface area contributed by atoms with E-state index in [0.29, 0.717) is 24.2 Å². The number of piperidine rings is 1. The summed E-state index contributed by atoms with van der Waals surface area (Å²) in [7, 11) is 0. The Morgan fingerprint density at radius 3 is 2.59 bits per heavy atom. The van der Waals surface area contributed by atoms with Crippen LogP contribution in [-0.2, 0) is 16.1 Å². The number of anilines is 1. The van der Waals surface area contributed by atoms with Crippen LogP contribution in [0.1, 0.15) is 25.5 Å². The molecule has 5 heterocycles. The lowest BCUT2D eigenvalue weighted by atomic mass is 9.72. The number of hydrogen-bond donors (Lipinski definition) is 0. The van der Waals surface area contributed by atoms with Crippen molar-refractivity contribution in [1.29, 1.82) is 0 Å². The monoisotopic (exact) mass is 419 g/mol. The zero-order chi connectivity index (χ0) is 20.0. The third kappa shape index (κ3) is 3.69. The van der Waals surface area contributed by atoms with Gasteiger partial charge in [0.2, 0.25) is 11.2 Å². The van der Waals surface area contributed by atoms with Gasteiger partial charge in [-0.15, -0.1) is 0 Å². The molecule has 0 bridgehead atoms. The smallest absolute Gasteiger partial charge is 0.225 e. The topological polar surface area (TPSA) is 74.9 Å². The lowest BCUT2D eigenvalue weighted by Crippen LogP contribution is -2.60. The summed E-state index contributed by atoms with van der Waals surface area (Å²) < 4.78 is 11.6. The number of ether oxygens (including phenoxy) is 1. The Morgan fingerprint density at radius 2 is 1.90 bits per heavy atom. The van der Waals surface area contributed by atoms with Crippen molar-refractivity contribution in [1.82, 2.24) is 19.8 Å². The van der Waals surface area contributed by atoms with Gasteiger partial charge in [-0.3, -0.25) is 9.69 Å². The van der Waals surface area contributed by atoms with Gasteiger partial charge in [0, 0.05) is 52.3 Å². The number of furan rings is 1. The normalized spacial score (nSPS) is 22.3. The molecule has 0 unspecified atom stereocenters. The molecule has 0 saturated carbocycles. The van der Waals surface area contributed by atoms with E-state index >= 15 is 0 Å². The maximum atomic E-state index is 11.5. The first kappa shape index (κ1) is 19.1. The molecule has 3 aliphatic heterocycles. The molecule has 0 radical (unpaired) electrons. The van der Waals surface area contributed by atoms with Crippen molar-refractivity contribution >= 4 is 34.4 Å². The molecular weight excluding hydrogens is 394 g/mol. The van der Waals surface area contributed by atoms with Gasteiger partial charge in [-0.2, -0.15) is 4.98 Å². The Labute approximate surface area is 174 Å². The van der Waals surface area contributed by atoms with E-state index in [4.69, 9.17) is 20.8 Å². The Hall–Kier alpha value is -1.90. The molecule has 0 aliphatic carbocycles. The molecule has 0 atom stereocenters. The highest BCUT2D eigenvalue weighted by Crippen LogP contribution is 2.41. The van der Waals surface area contributed by atoms with Gasteiger partial charge in [0.15, 0.2) is 11.4 Å². The molecule has 3 saturated heterocycles. The fourth-order valence-corrected chi connectivity index (χ4v) is 5.02. The number of nitrogens with zero attached hydrogens (tertiary/aromatic N) is 5. The quantitative estimate of drug-likeness (QED) is 0.705. The summed E-state index contributed by atoms with van der Waals surface area (Å²) in [4.78, 5) is 26.8. The molecule has 3 fully saturated rings. The number of amides is 1. The fourth-order valence-electron chi connectivity index (χ4n) is 4.85. The Morgan fingerprint density at radius 1 is 1.17 bits per heavy atom. The van der Waals surface area contributed by atoms with E-state index in [2.05, 4.69) is 19.8 Å². The van der Waals surface area contributed by atoms with Crippen LogP contribution in [0.3, 0.4) is 0 Å². The van der Waals surface area contributed by atoms with E-state index in [1.54, 1.807) is 6.92 Å². The second kappa shape index (κ2) is 7.41. The SMILES string of the molecule is CC(=O)N1CCC2(CC1)CN(Cc1cc3nc(Cl)nc(N4CCOCC4)c3o1)C2. The first-order valence-electron chi connectivity index (χ1n) is 10.3. The van der Waals surface area contributed by atoms with Gasteiger partial charge in [-0.1, -0.05) is 0 Å². The summed E-state index contributed by atoms with van der Waals surface area (Å²) in [5, 5.41) is 0.242. The zero-order valence-corrected chi connectivity index (χ0v) is 17.5. The van der Waals surface area contributed by atoms with E-state index in [1.165, 1.54) is 0 Å². The maximum absolute atomic E-state index is 11.5. The van der Waals surface area contributed by atoms with Gasteiger partial charge in [0.25, 0.3) is 0 Å². The minimum atomic E-state index is 0.189. The molecule has 2 aromatic heterocycles. The second-order valence-corrected chi connectivity index (χ2v) is 8.83. The number of fused-ring (bicyclic) bond motifs is 1. The molecule has 29 heavy (non-hydrogen) atoms. The molecule has 156 valence electrons. The van der Waals surface area contributed by atoms with E-state index in [9.17, 15) is 4.79 Å². The standard InChI is InChI=1S/C20H26ClN5O3/c1-14(27)25-4-2-20(3-5-25)12-24(13-20)11-15-10-16-17(29-15)18(23-19(21)22-16)26-6-8-28-9-7-26/h10H,2-9,11-13H2,1H3. The van der Waals surface area contributed by atoms with Crippen LogP contribution in [0.25, 0.3) is 11.1 Å². The van der Waals surface area contributed by atoms with E-state index in [-0.39, 0.29) is 11.2 Å². The fraction of sp³-hybridized carbons (Fsp3) is 0.650. The number of likely N-dealkylation sites (tertiary alicyclic amines) is 2. The third-order valence-corrected chi connectivity index (χ3v) is 6.62. The van der Waals surface area contributed by atoms with Crippen molar-refractivity contribution in [2.45, 2.75) is 26.3 Å². The average Bonchev–Trinajstić information content (AvgIpc) is 3.09. The van der Waals surface area contributed by atoms with Gasteiger partial charge in [-0.25, -0.2) is 4.98 Å². The van der Waals surface area contributed by atoms with E-state index in [1.807, 2.05) is 11.0 Å². The number of morpholine rings is 1. The van der Waals surface area contributed by atoms with E-state index < -0.39 is 0 Å². The molecule has 0 aromatic carbocycles. The van der Waals surface area contributed by atoms with Crippen LogP contribution >= 0.6 is 11.6 Å². The highest BCUT2D eigenvalue weighted by atomic mass is 35.5. The number of aromatic nitrogens is 2. The van der Waals surface area contributed by atoms with Crippen LogP contribution < -0.4 is 4.90 Å². The second-order valence-electron chi connectivity index (χ2n) is 8.49. The van der Waals surface area contributed by atoms with Gasteiger partial charge in [0.05, 0.1) is 19.8 Å².